The zero-order chi connectivity index (χ0) is 16.3. The van der Waals surface area contributed by atoms with Crippen LogP contribution in [0.5, 0.6) is 0 Å². The molecule has 1 saturated heterocycles. The van der Waals surface area contributed by atoms with Crippen molar-refractivity contribution >= 4 is 12.4 Å². The first-order valence-corrected chi connectivity index (χ1v) is 7.62. The van der Waals surface area contributed by atoms with Gasteiger partial charge in [-0.3, -0.25) is 4.90 Å². The summed E-state index contributed by atoms with van der Waals surface area (Å²) in [6.07, 6.45) is 1.68. The predicted molar refractivity (Wildman–Crippen MR) is 93.2 cm³/mol. The Morgan fingerprint density at radius 3 is 2.54 bits per heavy atom. The average Bonchev–Trinajstić information content (AvgIpc) is 2.58. The van der Waals surface area contributed by atoms with E-state index < -0.39 is 17.2 Å². The van der Waals surface area contributed by atoms with Gasteiger partial charge in [-0.15, -0.1) is 12.4 Å². The van der Waals surface area contributed by atoms with Crippen molar-refractivity contribution in [3.63, 3.8) is 0 Å². The minimum absolute atomic E-state index is 0. The Balaban J connectivity index is 0.00000208. The van der Waals surface area contributed by atoms with Gasteiger partial charge in [0.25, 0.3) is 0 Å². The first kappa shape index (κ1) is 18.6. The fraction of sp³-hybridized carbons (Fsp3) is 0.263. The molecule has 128 valence electrons. The molecule has 1 unspecified atom stereocenters. The van der Waals surface area contributed by atoms with Crippen LogP contribution in [0.15, 0.2) is 61.2 Å². The highest BCUT2D eigenvalue weighted by atomic mass is 35.5. The van der Waals surface area contributed by atoms with Crippen molar-refractivity contribution in [2.75, 3.05) is 19.7 Å². The number of nitrogens with zero attached hydrogens (tertiary/aromatic N) is 1. The third-order valence-corrected chi connectivity index (χ3v) is 4.21. The van der Waals surface area contributed by atoms with Crippen LogP contribution in [0.4, 0.5) is 8.78 Å². The van der Waals surface area contributed by atoms with Gasteiger partial charge in [0.1, 0.15) is 5.60 Å². The highest BCUT2D eigenvalue weighted by Gasteiger charge is 2.36. The van der Waals surface area contributed by atoms with Gasteiger partial charge in [0.15, 0.2) is 11.6 Å². The van der Waals surface area contributed by atoms with Gasteiger partial charge >= 0.3 is 0 Å². The molecule has 1 atom stereocenters. The standard InChI is InChI=1S/C19H19F2NO.ClH/c1-2-19(16-8-9-17(20)18(21)12-16)14-22(10-11-23-19)13-15-6-4-3-5-7-15;/h2-9,12H,1,10-11,13-14H2;1H. The van der Waals surface area contributed by atoms with Crippen LogP contribution >= 0.6 is 12.4 Å². The Kier molecular flexibility index (Phi) is 6.10. The minimum atomic E-state index is -0.868. The van der Waals surface area contributed by atoms with Gasteiger partial charge in [0, 0.05) is 19.6 Å². The van der Waals surface area contributed by atoms with E-state index in [0.717, 1.165) is 19.2 Å². The molecule has 0 radical (unpaired) electrons. The summed E-state index contributed by atoms with van der Waals surface area (Å²) in [6, 6.07) is 14.0. The number of benzene rings is 2. The van der Waals surface area contributed by atoms with Crippen molar-refractivity contribution in [1.82, 2.24) is 4.90 Å². The summed E-state index contributed by atoms with van der Waals surface area (Å²) >= 11 is 0. The summed E-state index contributed by atoms with van der Waals surface area (Å²) in [4.78, 5) is 2.24. The second-order valence-electron chi connectivity index (χ2n) is 5.77. The largest absolute Gasteiger partial charge is 0.363 e. The van der Waals surface area contributed by atoms with Crippen LogP contribution in [0.25, 0.3) is 0 Å². The van der Waals surface area contributed by atoms with E-state index >= 15 is 0 Å². The molecule has 0 saturated carbocycles. The van der Waals surface area contributed by atoms with Crippen molar-refractivity contribution in [3.8, 4) is 0 Å². The molecule has 0 aromatic heterocycles. The molecule has 0 spiro atoms. The zero-order valence-electron chi connectivity index (χ0n) is 13.3. The maximum absolute atomic E-state index is 13.6. The highest BCUT2D eigenvalue weighted by molar-refractivity contribution is 5.85. The van der Waals surface area contributed by atoms with Crippen LogP contribution in [0, 0.1) is 11.6 Å². The maximum Gasteiger partial charge on any atom is 0.159 e. The zero-order valence-corrected chi connectivity index (χ0v) is 14.1. The second kappa shape index (κ2) is 7.88. The Labute approximate surface area is 147 Å². The number of morpholine rings is 1. The first-order valence-electron chi connectivity index (χ1n) is 7.62. The van der Waals surface area contributed by atoms with Crippen molar-refractivity contribution in [2.24, 2.45) is 0 Å². The Morgan fingerprint density at radius 1 is 1.12 bits per heavy atom. The molecular weight excluding hydrogens is 332 g/mol. The Bertz CT molecular complexity index is 695. The SMILES string of the molecule is C=CC1(c2ccc(F)c(F)c2)CN(Cc2ccccc2)CCO1.Cl. The lowest BCUT2D eigenvalue weighted by Gasteiger charge is -2.41. The molecule has 0 bridgehead atoms. The van der Waals surface area contributed by atoms with E-state index in [9.17, 15) is 8.78 Å². The number of ether oxygens (including phenoxy) is 1. The van der Waals surface area contributed by atoms with Crippen molar-refractivity contribution in [1.29, 1.82) is 0 Å². The highest BCUT2D eigenvalue weighted by Crippen LogP contribution is 2.32. The third-order valence-electron chi connectivity index (χ3n) is 4.21. The smallest absolute Gasteiger partial charge is 0.159 e. The van der Waals surface area contributed by atoms with Gasteiger partial charge in [-0.2, -0.15) is 0 Å². The number of hydrogen-bond acceptors (Lipinski definition) is 2. The quantitative estimate of drug-likeness (QED) is 0.761. The van der Waals surface area contributed by atoms with E-state index in [0.29, 0.717) is 18.7 Å². The molecule has 24 heavy (non-hydrogen) atoms. The molecule has 1 fully saturated rings. The predicted octanol–water partition coefficient (Wildman–Crippen LogP) is 4.30. The van der Waals surface area contributed by atoms with Gasteiger partial charge in [-0.25, -0.2) is 8.78 Å². The Morgan fingerprint density at radius 2 is 1.88 bits per heavy atom. The fourth-order valence-electron chi connectivity index (χ4n) is 2.97. The average molecular weight is 352 g/mol. The summed E-state index contributed by atoms with van der Waals surface area (Å²) in [5, 5.41) is 0. The molecule has 1 aliphatic rings. The summed E-state index contributed by atoms with van der Waals surface area (Å²) in [5.74, 6) is -1.72. The fourth-order valence-corrected chi connectivity index (χ4v) is 2.97. The van der Waals surface area contributed by atoms with Crippen LogP contribution in [0.1, 0.15) is 11.1 Å². The van der Waals surface area contributed by atoms with E-state index in [1.807, 2.05) is 18.2 Å². The van der Waals surface area contributed by atoms with Crippen LogP contribution in [-0.2, 0) is 16.9 Å². The van der Waals surface area contributed by atoms with Crippen LogP contribution in [0.3, 0.4) is 0 Å². The van der Waals surface area contributed by atoms with Gasteiger partial charge in [0.2, 0.25) is 0 Å². The summed E-state index contributed by atoms with van der Waals surface area (Å²) in [7, 11) is 0. The van der Waals surface area contributed by atoms with Gasteiger partial charge < -0.3 is 4.74 Å². The van der Waals surface area contributed by atoms with Crippen molar-refractivity contribution in [2.45, 2.75) is 12.1 Å². The molecule has 3 rings (SSSR count). The molecule has 1 aliphatic heterocycles. The summed E-state index contributed by atoms with van der Waals surface area (Å²) in [6.45, 7) is 6.49. The van der Waals surface area contributed by atoms with Crippen molar-refractivity contribution < 1.29 is 13.5 Å². The maximum atomic E-state index is 13.6. The third kappa shape index (κ3) is 3.83. The topological polar surface area (TPSA) is 12.5 Å². The van der Waals surface area contributed by atoms with E-state index in [2.05, 4.69) is 23.6 Å². The number of halogens is 3. The molecule has 2 nitrogen and oxygen atoms in total. The van der Waals surface area contributed by atoms with E-state index in [-0.39, 0.29) is 12.4 Å². The Hall–Kier alpha value is -1.75. The van der Waals surface area contributed by atoms with Crippen LogP contribution in [-0.4, -0.2) is 24.6 Å². The van der Waals surface area contributed by atoms with Gasteiger partial charge in [-0.05, 0) is 23.3 Å². The molecule has 2 aromatic rings. The lowest BCUT2D eigenvalue weighted by Crippen LogP contribution is -2.48. The number of hydrogen-bond donors (Lipinski definition) is 0. The first-order chi connectivity index (χ1) is 11.1. The van der Waals surface area contributed by atoms with Gasteiger partial charge in [0.05, 0.1) is 6.61 Å². The molecular formula is C19H20ClF2NO. The molecule has 1 heterocycles. The summed E-state index contributed by atoms with van der Waals surface area (Å²) < 4.78 is 32.7. The van der Waals surface area contributed by atoms with E-state index in [1.54, 1.807) is 12.1 Å². The lowest BCUT2D eigenvalue weighted by atomic mass is 9.91. The lowest BCUT2D eigenvalue weighted by molar-refractivity contribution is -0.0858. The molecule has 5 heteroatoms. The molecule has 0 amide bonds. The summed E-state index contributed by atoms with van der Waals surface area (Å²) in [5.41, 5.74) is 0.975. The second-order valence-corrected chi connectivity index (χ2v) is 5.77. The molecule has 0 aliphatic carbocycles. The van der Waals surface area contributed by atoms with E-state index in [4.69, 9.17) is 4.74 Å². The normalized spacial score (nSPS) is 21.1. The monoisotopic (exact) mass is 351 g/mol. The molecule has 2 aromatic carbocycles. The number of rotatable bonds is 4. The van der Waals surface area contributed by atoms with Crippen molar-refractivity contribution in [3.05, 3.63) is 83.9 Å². The minimum Gasteiger partial charge on any atom is -0.363 e. The van der Waals surface area contributed by atoms with E-state index in [1.165, 1.54) is 11.6 Å². The molecule has 0 N–H and O–H groups in total. The van der Waals surface area contributed by atoms with Crippen LogP contribution < -0.4 is 0 Å². The van der Waals surface area contributed by atoms with Crippen LogP contribution in [0.2, 0.25) is 0 Å². The van der Waals surface area contributed by atoms with Gasteiger partial charge in [-0.1, -0.05) is 49.1 Å².